The van der Waals surface area contributed by atoms with Crippen LogP contribution < -0.4 is 15.6 Å². The zero-order valence-electron chi connectivity index (χ0n) is 23.3. The van der Waals surface area contributed by atoms with Crippen LogP contribution in [0, 0.1) is 0 Å². The monoisotopic (exact) mass is 562 g/mol. The molecule has 0 saturated carbocycles. The summed E-state index contributed by atoms with van der Waals surface area (Å²) in [5.74, 6) is 7.65. The van der Waals surface area contributed by atoms with Gasteiger partial charge < -0.3 is 9.64 Å². The van der Waals surface area contributed by atoms with Gasteiger partial charge in [-0.15, -0.1) is 11.8 Å². The number of rotatable bonds is 13. The summed E-state index contributed by atoms with van der Waals surface area (Å²) in [6, 6.07) is 5.99. The van der Waals surface area contributed by atoms with E-state index in [0.29, 0.717) is 37.3 Å². The molecule has 38 heavy (non-hydrogen) atoms. The van der Waals surface area contributed by atoms with Crippen LogP contribution in [0.2, 0.25) is 5.15 Å². The molecule has 1 saturated heterocycles. The fourth-order valence-corrected chi connectivity index (χ4v) is 5.44. The van der Waals surface area contributed by atoms with Crippen molar-refractivity contribution in [3.63, 3.8) is 0 Å². The lowest BCUT2D eigenvalue weighted by molar-refractivity contribution is 0.122. The van der Waals surface area contributed by atoms with Crippen LogP contribution >= 0.6 is 23.4 Å². The van der Waals surface area contributed by atoms with Crippen molar-refractivity contribution < 1.29 is 9.53 Å². The van der Waals surface area contributed by atoms with E-state index in [1.165, 1.54) is 5.01 Å². The molecule has 2 N–H and O–H groups in total. The van der Waals surface area contributed by atoms with E-state index in [4.69, 9.17) is 27.2 Å². The average molecular weight is 563 g/mol. The molecule has 2 amide bonds. The minimum absolute atomic E-state index is 0.157. The Bertz CT molecular complexity index is 1050. The summed E-state index contributed by atoms with van der Waals surface area (Å²) < 4.78 is 5.54. The molecule has 0 atom stereocenters. The third kappa shape index (κ3) is 7.74. The first-order chi connectivity index (χ1) is 18.4. The maximum absolute atomic E-state index is 13.4. The number of nitrogens with zero attached hydrogens (tertiary/aromatic N) is 5. The van der Waals surface area contributed by atoms with Crippen molar-refractivity contribution in [1.82, 2.24) is 15.0 Å². The predicted molar refractivity (Wildman–Crippen MR) is 159 cm³/mol. The number of amides is 2. The van der Waals surface area contributed by atoms with Gasteiger partial charge >= 0.3 is 6.03 Å². The molecule has 1 fully saturated rings. The summed E-state index contributed by atoms with van der Waals surface area (Å²) >= 11 is 8.24. The summed E-state index contributed by atoms with van der Waals surface area (Å²) in [4.78, 5) is 28.0. The Balaban J connectivity index is 2.04. The lowest BCUT2D eigenvalue weighted by Crippen LogP contribution is -2.48. The van der Waals surface area contributed by atoms with Crippen LogP contribution in [0.4, 0.5) is 16.3 Å². The molecule has 0 aliphatic carbocycles. The average Bonchev–Trinajstić information content (AvgIpc) is 2.95. The number of nitrogens with two attached hydrogens (primary N) is 1. The molecule has 1 aromatic heterocycles. The Morgan fingerprint density at radius 3 is 2.42 bits per heavy atom. The third-order valence-electron chi connectivity index (χ3n) is 6.71. The van der Waals surface area contributed by atoms with Gasteiger partial charge in [-0.2, -0.15) is 0 Å². The van der Waals surface area contributed by atoms with Gasteiger partial charge in [-0.1, -0.05) is 51.6 Å². The van der Waals surface area contributed by atoms with E-state index in [1.807, 2.05) is 23.3 Å². The van der Waals surface area contributed by atoms with Crippen LogP contribution in [-0.4, -0.2) is 66.7 Å². The first kappa shape index (κ1) is 30.5. The van der Waals surface area contributed by atoms with Gasteiger partial charge in [0.1, 0.15) is 11.0 Å². The summed E-state index contributed by atoms with van der Waals surface area (Å²) in [5.41, 5.74) is 2.90. The molecular weight excluding hydrogens is 520 g/mol. The zero-order chi connectivity index (χ0) is 27.5. The van der Waals surface area contributed by atoms with Gasteiger partial charge in [0.15, 0.2) is 5.82 Å². The Morgan fingerprint density at radius 1 is 1.08 bits per heavy atom. The highest BCUT2D eigenvalue weighted by Crippen LogP contribution is 2.36. The molecule has 1 aliphatic heterocycles. The van der Waals surface area contributed by atoms with Crippen molar-refractivity contribution in [3.8, 4) is 11.4 Å². The van der Waals surface area contributed by atoms with Gasteiger partial charge in [0.05, 0.1) is 18.1 Å². The minimum Gasteiger partial charge on any atom is -0.378 e. The number of morpholine rings is 1. The predicted octanol–water partition coefficient (Wildman–Crippen LogP) is 6.40. The summed E-state index contributed by atoms with van der Waals surface area (Å²) in [7, 11) is 0. The normalized spacial score (nSPS) is 13.6. The molecule has 2 heterocycles. The topological polar surface area (TPSA) is 87.8 Å². The largest absolute Gasteiger partial charge is 0.378 e. The van der Waals surface area contributed by atoms with Crippen LogP contribution in [-0.2, 0) is 11.2 Å². The number of aryl methyl sites for hydroxylation is 1. The summed E-state index contributed by atoms with van der Waals surface area (Å²) in [6.07, 6.45) is 8.66. The number of thioether (sulfide) groups is 1. The molecule has 0 unspecified atom stereocenters. The second-order valence-electron chi connectivity index (χ2n) is 9.58. The van der Waals surface area contributed by atoms with Crippen molar-refractivity contribution in [2.45, 2.75) is 70.6 Å². The number of anilines is 2. The second-order valence-corrected chi connectivity index (χ2v) is 10.8. The molecular formula is C28H43ClN6O2S. The van der Waals surface area contributed by atoms with Crippen molar-refractivity contribution in [2.24, 2.45) is 5.84 Å². The Labute approximate surface area is 237 Å². The van der Waals surface area contributed by atoms with E-state index in [-0.39, 0.29) is 6.03 Å². The van der Waals surface area contributed by atoms with Gasteiger partial charge in [-0.05, 0) is 55.7 Å². The third-order valence-corrected chi connectivity index (χ3v) is 7.88. The van der Waals surface area contributed by atoms with E-state index < -0.39 is 0 Å². The van der Waals surface area contributed by atoms with Gasteiger partial charge in [0, 0.05) is 37.4 Å². The van der Waals surface area contributed by atoms with Crippen LogP contribution in [0.5, 0.6) is 0 Å². The van der Waals surface area contributed by atoms with Gasteiger partial charge in [0.2, 0.25) is 0 Å². The van der Waals surface area contributed by atoms with Crippen molar-refractivity contribution in [2.75, 3.05) is 55.4 Å². The molecule has 1 aliphatic rings. The van der Waals surface area contributed by atoms with E-state index in [0.717, 1.165) is 85.6 Å². The number of unbranched alkanes of at least 4 members (excludes halogenated alkanes) is 3. The van der Waals surface area contributed by atoms with Crippen molar-refractivity contribution in [3.05, 3.63) is 28.9 Å². The number of aromatic nitrogens is 2. The van der Waals surface area contributed by atoms with Crippen LogP contribution in [0.25, 0.3) is 11.4 Å². The van der Waals surface area contributed by atoms with Crippen LogP contribution in [0.1, 0.15) is 64.9 Å². The van der Waals surface area contributed by atoms with Gasteiger partial charge in [-0.3, -0.25) is 9.91 Å². The maximum Gasteiger partial charge on any atom is 0.338 e. The smallest absolute Gasteiger partial charge is 0.338 e. The van der Waals surface area contributed by atoms with Crippen molar-refractivity contribution in [1.29, 1.82) is 0 Å². The number of ether oxygens (including phenoxy) is 1. The molecule has 0 radical (unpaired) electrons. The van der Waals surface area contributed by atoms with Crippen molar-refractivity contribution >= 4 is 40.9 Å². The molecule has 8 nitrogen and oxygen atoms in total. The highest BCUT2D eigenvalue weighted by atomic mass is 35.5. The van der Waals surface area contributed by atoms with E-state index in [2.05, 4.69) is 36.7 Å². The zero-order valence-corrected chi connectivity index (χ0v) is 24.9. The molecule has 0 bridgehead atoms. The van der Waals surface area contributed by atoms with E-state index >= 15 is 0 Å². The molecule has 1 aromatic carbocycles. The lowest BCUT2D eigenvalue weighted by atomic mass is 10.0. The molecule has 3 rings (SSSR count). The van der Waals surface area contributed by atoms with E-state index in [1.54, 1.807) is 11.8 Å². The fraction of sp³-hybridized carbons (Fsp3) is 0.607. The molecule has 210 valence electrons. The lowest BCUT2D eigenvalue weighted by Gasteiger charge is -2.30. The number of urea groups is 1. The van der Waals surface area contributed by atoms with Gasteiger partial charge in [-0.25, -0.2) is 20.6 Å². The number of carbonyl (C=O) groups is 1. The van der Waals surface area contributed by atoms with Crippen LogP contribution in [0.15, 0.2) is 23.1 Å². The highest BCUT2D eigenvalue weighted by Gasteiger charge is 2.24. The number of benzene rings is 1. The number of hydrogen-bond donors (Lipinski definition) is 1. The quantitative estimate of drug-likeness (QED) is 0.0993. The first-order valence-corrected chi connectivity index (χ1v) is 15.5. The van der Waals surface area contributed by atoms with Crippen LogP contribution in [0.3, 0.4) is 0 Å². The Morgan fingerprint density at radius 2 is 1.76 bits per heavy atom. The second kappa shape index (κ2) is 15.5. The number of hydrogen-bond acceptors (Lipinski definition) is 7. The maximum atomic E-state index is 13.4. The molecule has 10 heteroatoms. The fourth-order valence-electron chi connectivity index (χ4n) is 4.48. The summed E-state index contributed by atoms with van der Waals surface area (Å²) in [6.45, 7) is 10.4. The van der Waals surface area contributed by atoms with E-state index in [9.17, 15) is 4.79 Å². The molecule has 2 aromatic rings. The SMILES string of the molecule is CCCCc1cc(-c2nc(Cl)c(SC)c(N3CCOCC3)n2)ccc1N(CCCC)C(=O)N(N)CCCC. The number of carbonyl (C=O) groups excluding carboxylic acids is 1. The standard InChI is InChI=1S/C28H43ClN6O2S/c1-5-8-11-21-20-22(12-13-23(21)34(14-9-6-2)28(36)35(30)15-10-7-3)26-31-25(29)24(38-4)27(32-26)33-16-18-37-19-17-33/h12-13,20H,5-11,14-19,30H2,1-4H3. The Hall–Kier alpha value is -2.07. The minimum atomic E-state index is -0.157. The molecule has 0 spiro atoms. The van der Waals surface area contributed by atoms with Gasteiger partial charge in [0.25, 0.3) is 0 Å². The highest BCUT2D eigenvalue weighted by molar-refractivity contribution is 7.98. The first-order valence-electron chi connectivity index (χ1n) is 13.9. The Kier molecular flexibility index (Phi) is 12.4. The number of hydrazine groups is 1. The number of halogens is 1. The summed E-state index contributed by atoms with van der Waals surface area (Å²) in [5, 5.41) is 1.81.